The van der Waals surface area contributed by atoms with Crippen LogP contribution in [0.3, 0.4) is 0 Å². The maximum atomic E-state index is 13.2. The smallest absolute Gasteiger partial charge is 0.264 e. The molecule has 2 aromatic rings. The number of ether oxygens (including phenoxy) is 2. The summed E-state index contributed by atoms with van der Waals surface area (Å²) in [5.41, 5.74) is 3.17. The number of nitrogens with zero attached hydrogens (tertiary/aromatic N) is 2. The average Bonchev–Trinajstić information content (AvgIpc) is 3.15. The number of allylic oxidation sites excluding steroid dienone is 1. The Morgan fingerprint density at radius 1 is 1.15 bits per heavy atom. The molecule has 2 aliphatic heterocycles. The van der Waals surface area contributed by atoms with Crippen molar-refractivity contribution in [3.05, 3.63) is 70.3 Å². The minimum absolute atomic E-state index is 0.0609. The van der Waals surface area contributed by atoms with Crippen LogP contribution in [-0.2, 0) is 36.6 Å². The second kappa shape index (κ2) is 13.7. The molecule has 13 heteroatoms. The molecule has 1 saturated carbocycles. The van der Waals surface area contributed by atoms with Gasteiger partial charge in [0.2, 0.25) is 20.0 Å². The summed E-state index contributed by atoms with van der Waals surface area (Å²) in [5, 5.41) is 0.712. The fourth-order valence-electron chi connectivity index (χ4n) is 7.46. The molecule has 4 atom stereocenters. The number of aryl methyl sites for hydroxylation is 1. The summed E-state index contributed by atoms with van der Waals surface area (Å²) in [5.74, 6) is 0.0734. The van der Waals surface area contributed by atoms with Gasteiger partial charge in [-0.05, 0) is 98.2 Å². The van der Waals surface area contributed by atoms with Crippen molar-refractivity contribution in [2.24, 2.45) is 11.8 Å². The van der Waals surface area contributed by atoms with E-state index in [0.29, 0.717) is 43.3 Å². The first kappa shape index (κ1) is 34.2. The van der Waals surface area contributed by atoms with Crippen LogP contribution in [0.5, 0.6) is 5.75 Å². The maximum Gasteiger partial charge on any atom is 0.264 e. The first-order valence-electron chi connectivity index (χ1n) is 16.4. The monoisotopic (exact) mass is 705 g/mol. The molecular formula is C34H44ClN3O7S2. The molecule has 6 rings (SSSR count). The van der Waals surface area contributed by atoms with Crippen molar-refractivity contribution < 1.29 is 31.1 Å². The van der Waals surface area contributed by atoms with Gasteiger partial charge in [-0.25, -0.2) is 25.9 Å². The molecule has 2 aliphatic carbocycles. The third kappa shape index (κ3) is 7.51. The molecule has 1 fully saturated rings. The Balaban J connectivity index is 1.36. The highest BCUT2D eigenvalue weighted by Gasteiger charge is 2.44. The van der Waals surface area contributed by atoms with Crippen LogP contribution in [0, 0.1) is 11.8 Å². The van der Waals surface area contributed by atoms with Gasteiger partial charge in [0, 0.05) is 43.2 Å². The first-order valence-corrected chi connectivity index (χ1v) is 20.0. The maximum absolute atomic E-state index is 13.2. The number of hydrogen-bond acceptors (Lipinski definition) is 8. The van der Waals surface area contributed by atoms with Gasteiger partial charge >= 0.3 is 0 Å². The number of rotatable bonds is 5. The number of hydrogen-bond donors (Lipinski definition) is 1. The Morgan fingerprint density at radius 2 is 1.98 bits per heavy atom. The quantitative estimate of drug-likeness (QED) is 0.451. The lowest BCUT2D eigenvalue weighted by Gasteiger charge is -2.46. The van der Waals surface area contributed by atoms with E-state index >= 15 is 0 Å². The number of carbonyl (C=O) groups excluding carboxylic acids is 1. The predicted molar refractivity (Wildman–Crippen MR) is 183 cm³/mol. The molecule has 2 heterocycles. The normalized spacial score (nSPS) is 28.3. The summed E-state index contributed by atoms with van der Waals surface area (Å²) >= 11 is 6.41. The molecule has 1 amide bonds. The second-order valence-corrected chi connectivity index (χ2v) is 18.1. The standard InChI is InChI=1S/C34H44ClN3O7S2/c1-37(2)47(42,43)18-16-44-31-8-4-3-5-17-46(40,41)36-33(39)25-10-14-32-30(20-25)38(21-26-9-12-28(26)31)22-34(23-45-32)15-6-7-24-19-27(35)11-13-29(24)34/h4,8,10-11,13-14,19-20,26,28,31H,3,5-7,9,12,15-18,21-23H2,1-2H3,(H,36,39)/b8-4+/t26-,28+,31+,34-/m0/s1. The van der Waals surface area contributed by atoms with Crippen molar-refractivity contribution in [1.29, 1.82) is 0 Å². The number of benzene rings is 2. The minimum atomic E-state index is -3.86. The zero-order valence-electron chi connectivity index (χ0n) is 27.0. The summed E-state index contributed by atoms with van der Waals surface area (Å²) in [6.45, 7) is 1.86. The number of carbonyl (C=O) groups is 1. The lowest BCUT2D eigenvalue weighted by Crippen LogP contribution is -2.49. The zero-order valence-corrected chi connectivity index (χ0v) is 29.4. The predicted octanol–water partition coefficient (Wildman–Crippen LogP) is 4.53. The van der Waals surface area contributed by atoms with Gasteiger partial charge in [-0.2, -0.15) is 0 Å². The molecule has 1 spiro atoms. The summed E-state index contributed by atoms with van der Waals surface area (Å²) in [4.78, 5) is 15.5. The van der Waals surface area contributed by atoms with Gasteiger partial charge in [0.1, 0.15) is 5.75 Å². The van der Waals surface area contributed by atoms with Gasteiger partial charge in [0.05, 0.1) is 36.5 Å². The van der Waals surface area contributed by atoms with Crippen LogP contribution in [-0.4, -0.2) is 85.1 Å². The summed E-state index contributed by atoms with van der Waals surface area (Å²) < 4.78 is 66.9. The van der Waals surface area contributed by atoms with Crippen LogP contribution in [0.4, 0.5) is 5.69 Å². The minimum Gasteiger partial charge on any atom is -0.490 e. The van der Waals surface area contributed by atoms with E-state index in [1.54, 1.807) is 18.2 Å². The molecule has 47 heavy (non-hydrogen) atoms. The molecule has 0 unspecified atom stereocenters. The highest BCUT2D eigenvalue weighted by Crippen LogP contribution is 2.47. The van der Waals surface area contributed by atoms with Gasteiger partial charge in [0.15, 0.2) is 0 Å². The Labute approximate surface area is 283 Å². The van der Waals surface area contributed by atoms with E-state index in [4.69, 9.17) is 21.1 Å². The van der Waals surface area contributed by atoms with Crippen LogP contribution in [0.15, 0.2) is 48.6 Å². The zero-order chi connectivity index (χ0) is 33.4. The van der Waals surface area contributed by atoms with Crippen LogP contribution in [0.1, 0.15) is 60.0 Å². The molecule has 0 saturated heterocycles. The topological polar surface area (TPSA) is 122 Å². The molecule has 0 radical (unpaired) electrons. The van der Waals surface area contributed by atoms with Crippen molar-refractivity contribution >= 4 is 43.2 Å². The van der Waals surface area contributed by atoms with Gasteiger partial charge in [-0.15, -0.1) is 0 Å². The molecule has 2 bridgehead atoms. The molecular weight excluding hydrogens is 662 g/mol. The Kier molecular flexibility index (Phi) is 9.98. The summed E-state index contributed by atoms with van der Waals surface area (Å²) in [6, 6.07) is 11.3. The second-order valence-electron chi connectivity index (χ2n) is 13.5. The van der Waals surface area contributed by atoms with E-state index in [2.05, 4.69) is 21.8 Å². The third-order valence-corrected chi connectivity index (χ3v) is 13.6. The fraction of sp³-hybridized carbons (Fsp3) is 0.559. The van der Waals surface area contributed by atoms with E-state index in [-0.39, 0.29) is 47.0 Å². The van der Waals surface area contributed by atoms with Crippen LogP contribution in [0.25, 0.3) is 0 Å². The van der Waals surface area contributed by atoms with Gasteiger partial charge in [0.25, 0.3) is 5.91 Å². The van der Waals surface area contributed by atoms with E-state index < -0.39 is 26.0 Å². The highest BCUT2D eigenvalue weighted by atomic mass is 35.5. The average molecular weight is 706 g/mol. The molecule has 0 aromatic heterocycles. The number of fused-ring (bicyclic) bond motifs is 4. The van der Waals surface area contributed by atoms with Crippen LogP contribution >= 0.6 is 11.6 Å². The number of nitrogens with one attached hydrogen (secondary N) is 1. The Bertz CT molecular complexity index is 1750. The number of anilines is 1. The van der Waals surface area contributed by atoms with Crippen molar-refractivity contribution in [2.45, 2.75) is 56.5 Å². The van der Waals surface area contributed by atoms with E-state index in [1.165, 1.54) is 29.5 Å². The van der Waals surface area contributed by atoms with Crippen LogP contribution in [0.2, 0.25) is 5.02 Å². The number of halogens is 1. The third-order valence-electron chi connectivity index (χ3n) is 10.2. The van der Waals surface area contributed by atoms with Crippen molar-refractivity contribution in [1.82, 2.24) is 9.03 Å². The van der Waals surface area contributed by atoms with E-state index in [0.717, 1.165) is 37.8 Å². The Hall–Kier alpha value is -2.64. The van der Waals surface area contributed by atoms with Crippen molar-refractivity contribution in [3.8, 4) is 5.75 Å². The highest BCUT2D eigenvalue weighted by molar-refractivity contribution is 7.90. The lowest BCUT2D eigenvalue weighted by molar-refractivity contribution is -0.00800. The number of sulfonamides is 2. The SMILES string of the molecule is CN(C)S(=O)(=O)CCO[C@@H]1/C=C/CCCS(=O)(=O)NC(=O)c2ccc3c(c2)N(C[C@@H]2CC[C@H]21)C[C@@]1(CCCc2cc(Cl)ccc21)CO3. The first-order chi connectivity index (χ1) is 22.4. The summed E-state index contributed by atoms with van der Waals surface area (Å²) in [6.07, 6.45) is 9.18. The molecule has 2 aromatic carbocycles. The van der Waals surface area contributed by atoms with E-state index in [9.17, 15) is 21.6 Å². The van der Waals surface area contributed by atoms with Gasteiger partial charge < -0.3 is 14.4 Å². The van der Waals surface area contributed by atoms with Gasteiger partial charge in [-0.3, -0.25) is 4.79 Å². The molecule has 10 nitrogen and oxygen atoms in total. The van der Waals surface area contributed by atoms with Gasteiger partial charge in [-0.1, -0.05) is 29.8 Å². The van der Waals surface area contributed by atoms with Crippen molar-refractivity contribution in [2.75, 3.05) is 56.8 Å². The molecule has 4 aliphatic rings. The fourth-order valence-corrected chi connectivity index (χ4v) is 9.37. The largest absolute Gasteiger partial charge is 0.490 e. The lowest BCUT2D eigenvalue weighted by atomic mass is 9.68. The van der Waals surface area contributed by atoms with E-state index in [1.807, 2.05) is 18.2 Å². The van der Waals surface area contributed by atoms with Crippen LogP contribution < -0.4 is 14.4 Å². The summed E-state index contributed by atoms with van der Waals surface area (Å²) in [7, 11) is -4.25. The number of amides is 1. The van der Waals surface area contributed by atoms with Crippen molar-refractivity contribution in [3.63, 3.8) is 0 Å². The molecule has 1 N–H and O–H groups in total. The Morgan fingerprint density at radius 3 is 2.74 bits per heavy atom. The molecule has 256 valence electrons.